The molecule has 70 heavy (non-hydrogen) atoms. The van der Waals surface area contributed by atoms with E-state index in [9.17, 15) is 14.4 Å². The third kappa shape index (κ3) is 54.2. The molecule has 0 aromatic heterocycles. The Morgan fingerprint density at radius 3 is 0.957 bits per heavy atom. The van der Waals surface area contributed by atoms with Crippen molar-refractivity contribution < 1.29 is 28.6 Å². The first-order valence-electron chi connectivity index (χ1n) is 27.8. The Bertz CT molecular complexity index is 1580. The van der Waals surface area contributed by atoms with Crippen LogP contribution < -0.4 is 0 Å². The molecule has 0 aromatic rings. The number of rotatable bonds is 48. The van der Waals surface area contributed by atoms with E-state index in [0.29, 0.717) is 12.8 Å². The molecule has 0 saturated heterocycles. The Balaban J connectivity index is 4.60. The van der Waals surface area contributed by atoms with Gasteiger partial charge in [0.25, 0.3) is 0 Å². The molecule has 0 aliphatic heterocycles. The molecule has 0 aliphatic rings. The maximum Gasteiger partial charge on any atom is 0.306 e. The van der Waals surface area contributed by atoms with E-state index in [4.69, 9.17) is 14.2 Å². The third-order valence-electron chi connectivity index (χ3n) is 11.1. The summed E-state index contributed by atoms with van der Waals surface area (Å²) >= 11 is 0. The number of esters is 3. The van der Waals surface area contributed by atoms with Crippen LogP contribution in [0.25, 0.3) is 0 Å². The first-order chi connectivity index (χ1) is 34.5. The molecule has 0 bridgehead atoms. The summed E-state index contributed by atoms with van der Waals surface area (Å²) in [6.45, 7) is 6.28. The van der Waals surface area contributed by atoms with Gasteiger partial charge in [0, 0.05) is 19.3 Å². The zero-order valence-electron chi connectivity index (χ0n) is 44.7. The van der Waals surface area contributed by atoms with Gasteiger partial charge in [-0.25, -0.2) is 0 Å². The summed E-state index contributed by atoms with van der Waals surface area (Å²) in [7, 11) is 0. The summed E-state index contributed by atoms with van der Waals surface area (Å²) in [6.07, 6.45) is 81.3. The van der Waals surface area contributed by atoms with Crippen LogP contribution in [0.3, 0.4) is 0 Å². The summed E-state index contributed by atoms with van der Waals surface area (Å²) in [6, 6.07) is 0. The number of unbranched alkanes of at least 4 members (excludes halogenated alkanes) is 13. The van der Waals surface area contributed by atoms with Crippen LogP contribution in [0, 0.1) is 0 Å². The summed E-state index contributed by atoms with van der Waals surface area (Å²) in [5.74, 6) is -1.06. The molecule has 0 aromatic carbocycles. The van der Waals surface area contributed by atoms with Gasteiger partial charge in [0.15, 0.2) is 6.10 Å². The van der Waals surface area contributed by atoms with Crippen LogP contribution in [0.2, 0.25) is 0 Å². The molecule has 1 atom stereocenters. The van der Waals surface area contributed by atoms with Crippen molar-refractivity contribution in [2.45, 2.75) is 226 Å². The number of allylic oxidation sites excluding steroid dienone is 24. The van der Waals surface area contributed by atoms with Gasteiger partial charge in [-0.1, -0.05) is 218 Å². The average Bonchev–Trinajstić information content (AvgIpc) is 3.36. The Morgan fingerprint density at radius 2 is 0.586 bits per heavy atom. The van der Waals surface area contributed by atoms with E-state index in [1.165, 1.54) is 32.1 Å². The number of hydrogen-bond donors (Lipinski definition) is 0. The third-order valence-corrected chi connectivity index (χ3v) is 11.1. The molecule has 0 rings (SSSR count). The Kier molecular flexibility index (Phi) is 53.0. The first-order valence-corrected chi connectivity index (χ1v) is 27.8. The van der Waals surface area contributed by atoms with Gasteiger partial charge < -0.3 is 14.2 Å². The van der Waals surface area contributed by atoms with Crippen molar-refractivity contribution in [2.75, 3.05) is 13.2 Å². The smallest absolute Gasteiger partial charge is 0.306 e. The molecule has 0 amide bonds. The predicted molar refractivity (Wildman–Crippen MR) is 302 cm³/mol. The molecule has 0 fully saturated rings. The first kappa shape index (κ1) is 65.3. The van der Waals surface area contributed by atoms with E-state index in [2.05, 4.69) is 154 Å². The van der Waals surface area contributed by atoms with Crippen LogP contribution in [0.5, 0.6) is 0 Å². The Morgan fingerprint density at radius 1 is 0.300 bits per heavy atom. The van der Waals surface area contributed by atoms with Gasteiger partial charge in [-0.2, -0.15) is 0 Å². The zero-order valence-corrected chi connectivity index (χ0v) is 44.7. The number of hydrogen-bond acceptors (Lipinski definition) is 6. The number of carbonyl (C=O) groups is 3. The van der Waals surface area contributed by atoms with Gasteiger partial charge in [-0.3, -0.25) is 14.4 Å². The lowest BCUT2D eigenvalue weighted by Gasteiger charge is -2.18. The molecule has 0 heterocycles. The van der Waals surface area contributed by atoms with E-state index in [1.54, 1.807) is 0 Å². The van der Waals surface area contributed by atoms with Crippen LogP contribution in [0.4, 0.5) is 0 Å². The molecule has 6 nitrogen and oxygen atoms in total. The second kappa shape index (κ2) is 56.9. The lowest BCUT2D eigenvalue weighted by molar-refractivity contribution is -0.166. The highest BCUT2D eigenvalue weighted by Crippen LogP contribution is 2.12. The summed E-state index contributed by atoms with van der Waals surface area (Å²) in [4.78, 5) is 38.1. The average molecular weight is 965 g/mol. The van der Waals surface area contributed by atoms with Crippen LogP contribution in [0.1, 0.15) is 220 Å². The van der Waals surface area contributed by atoms with Gasteiger partial charge in [0.2, 0.25) is 0 Å². The van der Waals surface area contributed by atoms with E-state index in [0.717, 1.165) is 141 Å². The van der Waals surface area contributed by atoms with Gasteiger partial charge in [-0.05, 0) is 128 Å². The van der Waals surface area contributed by atoms with E-state index >= 15 is 0 Å². The summed E-state index contributed by atoms with van der Waals surface area (Å²) < 4.78 is 16.7. The topological polar surface area (TPSA) is 78.9 Å². The molecule has 392 valence electrons. The number of carbonyl (C=O) groups excluding carboxylic acids is 3. The highest BCUT2D eigenvalue weighted by Gasteiger charge is 2.19. The highest BCUT2D eigenvalue weighted by molar-refractivity contribution is 5.71. The lowest BCUT2D eigenvalue weighted by atomic mass is 10.1. The monoisotopic (exact) mass is 965 g/mol. The van der Waals surface area contributed by atoms with Crippen molar-refractivity contribution >= 4 is 17.9 Å². The lowest BCUT2D eigenvalue weighted by Crippen LogP contribution is -2.30. The minimum absolute atomic E-state index is 0.125. The fourth-order valence-corrected chi connectivity index (χ4v) is 6.96. The maximum atomic E-state index is 12.8. The zero-order chi connectivity index (χ0) is 50.7. The second-order valence-electron chi connectivity index (χ2n) is 17.7. The van der Waals surface area contributed by atoms with Crippen molar-refractivity contribution in [1.82, 2.24) is 0 Å². The normalized spacial score (nSPS) is 13.2. The molecule has 6 heteroatoms. The minimum atomic E-state index is -0.834. The van der Waals surface area contributed by atoms with Crippen molar-refractivity contribution in [2.24, 2.45) is 0 Å². The van der Waals surface area contributed by atoms with Crippen LogP contribution >= 0.6 is 0 Å². The molecule has 1 unspecified atom stereocenters. The highest BCUT2D eigenvalue weighted by atomic mass is 16.6. The molecule has 0 aliphatic carbocycles. The summed E-state index contributed by atoms with van der Waals surface area (Å²) in [5, 5.41) is 0. The Hall–Kier alpha value is -4.71. The minimum Gasteiger partial charge on any atom is -0.462 e. The molecule has 0 radical (unpaired) electrons. The van der Waals surface area contributed by atoms with Gasteiger partial charge in [0.1, 0.15) is 13.2 Å². The van der Waals surface area contributed by atoms with Gasteiger partial charge in [-0.15, -0.1) is 0 Å². The van der Waals surface area contributed by atoms with E-state index in [-0.39, 0.29) is 44.0 Å². The summed E-state index contributed by atoms with van der Waals surface area (Å²) in [5.41, 5.74) is 0. The SMILES string of the molecule is CC/C=C\C/C=C\C/C=C\C/C=C\C/C=C\C/C=C\CCC(=O)OCC(COC(=O)CCCCCCC/C=C\C/C=C\CCCCCC)OC(=O)CCCCCC/C=C\C/C=C\C/C=C\C/C=C\CC. The van der Waals surface area contributed by atoms with Crippen LogP contribution in [0.15, 0.2) is 146 Å². The van der Waals surface area contributed by atoms with E-state index < -0.39 is 6.10 Å². The van der Waals surface area contributed by atoms with Crippen molar-refractivity contribution in [3.8, 4) is 0 Å². The van der Waals surface area contributed by atoms with Gasteiger partial charge in [0.05, 0.1) is 0 Å². The molecular formula is C64H100O6. The van der Waals surface area contributed by atoms with Crippen molar-refractivity contribution in [1.29, 1.82) is 0 Å². The van der Waals surface area contributed by atoms with Crippen molar-refractivity contribution in [3.05, 3.63) is 146 Å². The largest absolute Gasteiger partial charge is 0.462 e. The fraction of sp³-hybridized carbons (Fsp3) is 0.578. The molecule has 0 saturated carbocycles. The van der Waals surface area contributed by atoms with Crippen molar-refractivity contribution in [3.63, 3.8) is 0 Å². The number of ether oxygens (including phenoxy) is 3. The van der Waals surface area contributed by atoms with Crippen LogP contribution in [-0.4, -0.2) is 37.2 Å². The molecular weight excluding hydrogens is 865 g/mol. The molecule has 0 spiro atoms. The van der Waals surface area contributed by atoms with E-state index in [1.807, 2.05) is 12.2 Å². The fourth-order valence-electron chi connectivity index (χ4n) is 6.96. The second-order valence-corrected chi connectivity index (χ2v) is 17.7. The molecule has 0 N–H and O–H groups in total. The quantitative estimate of drug-likeness (QED) is 0.0262. The Labute approximate surface area is 429 Å². The standard InChI is InChI=1S/C64H100O6/c1-4-7-10-13-16-19-22-25-28-31-32-34-36-39-42-45-48-51-54-57-63(66)69-60-61(59-68-62(65)56-53-50-47-44-41-38-35-30-27-24-21-18-15-12-9-6-3)70-64(67)58-55-52-49-46-43-40-37-33-29-26-23-20-17-14-11-8-5-2/h7-8,10-11,16-17,19-21,24-26,28-30,32,34-35,37,39-40,42,48,51,61H,4-6,9,12-15,18,22-23,27,31,33,36,38,41,43-47,49-50,52-60H2,1-3H3/b10-7-,11-8-,19-16-,20-17-,24-21-,28-25-,29-26-,34-32-,35-30-,40-37-,42-39-,51-48-. The van der Waals surface area contributed by atoms with Crippen LogP contribution in [-0.2, 0) is 28.6 Å². The maximum absolute atomic E-state index is 12.8. The predicted octanol–water partition coefficient (Wildman–Crippen LogP) is 18.8. The van der Waals surface area contributed by atoms with Gasteiger partial charge >= 0.3 is 17.9 Å².